The molecule has 0 spiro atoms. The predicted molar refractivity (Wildman–Crippen MR) is 149 cm³/mol. The average molecular weight is 643 g/mol. The first-order valence-corrected chi connectivity index (χ1v) is 13.6. The van der Waals surface area contributed by atoms with Crippen molar-refractivity contribution >= 4 is 21.9 Å². The van der Waals surface area contributed by atoms with Gasteiger partial charge in [0.1, 0.15) is 59.2 Å². The Bertz CT molecular complexity index is 1590. The van der Waals surface area contributed by atoms with Crippen molar-refractivity contribution in [1.82, 2.24) is 0 Å². The second-order valence-electron chi connectivity index (χ2n) is 10.3. The normalized spacial score (nSPS) is 30.3. The molecule has 3 aromatic rings. The van der Waals surface area contributed by atoms with Crippen LogP contribution in [0.15, 0.2) is 21.3 Å². The lowest BCUT2D eigenvalue weighted by Gasteiger charge is -2.41. The van der Waals surface area contributed by atoms with Gasteiger partial charge in [0, 0.05) is 0 Å². The van der Waals surface area contributed by atoms with E-state index >= 15 is 0 Å². The molecule has 2 aliphatic rings. The van der Waals surface area contributed by atoms with Crippen molar-refractivity contribution in [2.45, 2.75) is 55.3 Å². The maximum absolute atomic E-state index is 14.0. The lowest BCUT2D eigenvalue weighted by atomic mass is 9.99. The SMILES string of the molecule is COc1c(OC)c(O[C@H]2O[C@@H](CO[C@H]3OC[C@@H](O)[C@H](O)[C@H]3O)[C@H](O)[C@H](O)[C@@H]2O)c2c(=O)c3c(O)ccc(OC)c3oc2c1OC. The highest BCUT2D eigenvalue weighted by Crippen LogP contribution is 2.52. The fourth-order valence-electron chi connectivity index (χ4n) is 5.26. The van der Waals surface area contributed by atoms with E-state index < -0.39 is 78.8 Å². The largest absolute Gasteiger partial charge is 0.507 e. The van der Waals surface area contributed by atoms with E-state index in [1.807, 2.05) is 0 Å². The fraction of sp³-hybridized carbons (Fsp3) is 0.536. The van der Waals surface area contributed by atoms with Gasteiger partial charge in [-0.2, -0.15) is 0 Å². The minimum atomic E-state index is -1.90. The summed E-state index contributed by atoms with van der Waals surface area (Å²) in [6.07, 6.45) is -14.7. The Morgan fingerprint density at radius 3 is 2.02 bits per heavy atom. The monoisotopic (exact) mass is 642 g/mol. The summed E-state index contributed by atoms with van der Waals surface area (Å²) >= 11 is 0. The van der Waals surface area contributed by atoms with Crippen LogP contribution in [-0.2, 0) is 14.2 Å². The number of benzene rings is 2. The van der Waals surface area contributed by atoms with Crippen LogP contribution in [0.25, 0.3) is 21.9 Å². The standard InChI is InChI=1S/C28H34O17/c1-37-11-6-5-9(29)13-17(33)14-22(44-21(11)13)24(38-2)26(40-4)25(39-3)23(14)45-28-20(36)18(34)16(32)12(43-28)8-42-27-19(35)15(31)10(30)7-41-27/h5-6,10,12,15-16,18-20,27-32,34-36H,7-8H2,1-4H3/t10-,12+,15+,16+,18+,19-,20+,27-,28-/m1/s1. The first-order valence-electron chi connectivity index (χ1n) is 13.6. The van der Waals surface area contributed by atoms with Crippen molar-refractivity contribution < 1.29 is 78.1 Å². The number of phenols is 1. The van der Waals surface area contributed by atoms with E-state index in [1.54, 1.807) is 0 Å². The van der Waals surface area contributed by atoms with Gasteiger partial charge in [-0.25, -0.2) is 0 Å². The molecule has 0 bridgehead atoms. The molecule has 2 aromatic carbocycles. The molecule has 2 aliphatic heterocycles. The van der Waals surface area contributed by atoms with Gasteiger partial charge in [-0.15, -0.1) is 0 Å². The number of hydrogen-bond acceptors (Lipinski definition) is 17. The van der Waals surface area contributed by atoms with E-state index in [0.717, 1.165) is 0 Å². The second-order valence-corrected chi connectivity index (χ2v) is 10.3. The summed E-state index contributed by atoms with van der Waals surface area (Å²) in [5.41, 5.74) is -1.17. The molecule has 17 nitrogen and oxygen atoms in total. The number of aliphatic hydroxyl groups is 6. The van der Waals surface area contributed by atoms with Gasteiger partial charge >= 0.3 is 0 Å². The Hall–Kier alpha value is -3.65. The van der Waals surface area contributed by atoms with Gasteiger partial charge < -0.3 is 78.1 Å². The van der Waals surface area contributed by atoms with Gasteiger partial charge in [0.25, 0.3) is 0 Å². The molecule has 0 aliphatic carbocycles. The van der Waals surface area contributed by atoms with Gasteiger partial charge in [0.2, 0.25) is 29.0 Å². The Labute approximate surface area is 254 Å². The molecule has 9 atom stereocenters. The van der Waals surface area contributed by atoms with Crippen LogP contribution in [0.3, 0.4) is 0 Å². The van der Waals surface area contributed by atoms with E-state index in [9.17, 15) is 40.5 Å². The Kier molecular flexibility index (Phi) is 9.45. The third kappa shape index (κ3) is 5.56. The molecule has 248 valence electrons. The van der Waals surface area contributed by atoms with Crippen LogP contribution in [0.4, 0.5) is 0 Å². The van der Waals surface area contributed by atoms with E-state index in [2.05, 4.69) is 0 Å². The van der Waals surface area contributed by atoms with Gasteiger partial charge in [-0.3, -0.25) is 4.79 Å². The van der Waals surface area contributed by atoms with Crippen molar-refractivity contribution in [2.75, 3.05) is 41.7 Å². The Balaban J connectivity index is 1.58. The molecule has 0 amide bonds. The molecule has 1 aromatic heterocycles. The number of aliphatic hydroxyl groups excluding tert-OH is 6. The number of hydrogen-bond donors (Lipinski definition) is 7. The number of aromatic hydroxyl groups is 1. The minimum Gasteiger partial charge on any atom is -0.507 e. The fourth-order valence-corrected chi connectivity index (χ4v) is 5.26. The van der Waals surface area contributed by atoms with Gasteiger partial charge in [-0.1, -0.05) is 0 Å². The zero-order chi connectivity index (χ0) is 32.7. The lowest BCUT2D eigenvalue weighted by molar-refractivity contribution is -0.307. The summed E-state index contributed by atoms with van der Waals surface area (Å²) in [6.45, 7) is -0.908. The van der Waals surface area contributed by atoms with Gasteiger partial charge in [-0.05, 0) is 12.1 Å². The lowest BCUT2D eigenvalue weighted by Crippen LogP contribution is -2.61. The van der Waals surface area contributed by atoms with Crippen LogP contribution in [0.5, 0.6) is 34.5 Å². The number of methoxy groups -OCH3 is 4. The van der Waals surface area contributed by atoms with E-state index in [-0.39, 0.29) is 51.5 Å². The predicted octanol–water partition coefficient (Wildman–Crippen LogP) is -1.67. The van der Waals surface area contributed by atoms with Crippen molar-refractivity contribution in [1.29, 1.82) is 0 Å². The number of ether oxygens (including phenoxy) is 8. The summed E-state index contributed by atoms with van der Waals surface area (Å²) in [6, 6.07) is 2.61. The zero-order valence-electron chi connectivity index (χ0n) is 24.5. The molecular formula is C28H34O17. The maximum Gasteiger partial charge on any atom is 0.229 e. The molecule has 2 saturated heterocycles. The Morgan fingerprint density at radius 2 is 1.38 bits per heavy atom. The molecule has 3 heterocycles. The highest BCUT2D eigenvalue weighted by Gasteiger charge is 2.47. The minimum absolute atomic E-state index is 0.0914. The summed E-state index contributed by atoms with van der Waals surface area (Å²) in [5.74, 6) is -1.15. The average Bonchev–Trinajstić information content (AvgIpc) is 3.03. The third-order valence-electron chi connectivity index (χ3n) is 7.65. The topological polar surface area (TPSA) is 246 Å². The number of fused-ring (bicyclic) bond motifs is 2. The van der Waals surface area contributed by atoms with Crippen LogP contribution in [-0.4, -0.2) is 133 Å². The summed E-state index contributed by atoms with van der Waals surface area (Å²) < 4.78 is 50.2. The van der Waals surface area contributed by atoms with Gasteiger partial charge in [0.15, 0.2) is 29.0 Å². The van der Waals surface area contributed by atoms with Crippen LogP contribution >= 0.6 is 0 Å². The smallest absolute Gasteiger partial charge is 0.229 e. The number of rotatable bonds is 9. The summed E-state index contributed by atoms with van der Waals surface area (Å²) in [5, 5.41) is 71.9. The molecule has 0 saturated carbocycles. The van der Waals surface area contributed by atoms with Crippen molar-refractivity contribution in [3.05, 3.63) is 22.4 Å². The molecule has 45 heavy (non-hydrogen) atoms. The summed E-state index contributed by atoms with van der Waals surface area (Å²) in [4.78, 5) is 14.0. The molecule has 7 N–H and O–H groups in total. The molecule has 0 unspecified atom stereocenters. The van der Waals surface area contributed by atoms with Crippen LogP contribution in [0, 0.1) is 0 Å². The van der Waals surface area contributed by atoms with E-state index in [1.165, 1.54) is 40.6 Å². The van der Waals surface area contributed by atoms with Gasteiger partial charge in [0.05, 0.1) is 41.7 Å². The third-order valence-corrected chi connectivity index (χ3v) is 7.65. The van der Waals surface area contributed by atoms with Crippen LogP contribution in [0.2, 0.25) is 0 Å². The molecule has 5 rings (SSSR count). The Morgan fingerprint density at radius 1 is 0.733 bits per heavy atom. The van der Waals surface area contributed by atoms with E-state index in [0.29, 0.717) is 0 Å². The highest BCUT2D eigenvalue weighted by molar-refractivity contribution is 6.02. The van der Waals surface area contributed by atoms with Crippen molar-refractivity contribution in [2.24, 2.45) is 0 Å². The van der Waals surface area contributed by atoms with Crippen LogP contribution < -0.4 is 29.1 Å². The maximum atomic E-state index is 14.0. The molecule has 0 radical (unpaired) electrons. The van der Waals surface area contributed by atoms with Crippen molar-refractivity contribution in [3.8, 4) is 34.5 Å². The van der Waals surface area contributed by atoms with Crippen molar-refractivity contribution in [3.63, 3.8) is 0 Å². The second kappa shape index (κ2) is 13.0. The quantitative estimate of drug-likeness (QED) is 0.129. The zero-order valence-corrected chi connectivity index (χ0v) is 24.5. The highest BCUT2D eigenvalue weighted by atomic mass is 16.7. The first-order chi connectivity index (χ1) is 21.5. The summed E-state index contributed by atoms with van der Waals surface area (Å²) in [7, 11) is 5.13. The number of phenolic OH excluding ortho intramolecular Hbond substituents is 1. The molecule has 2 fully saturated rings. The van der Waals surface area contributed by atoms with Crippen LogP contribution in [0.1, 0.15) is 0 Å². The van der Waals surface area contributed by atoms with E-state index in [4.69, 9.17) is 42.3 Å². The molecular weight excluding hydrogens is 608 g/mol. The molecule has 17 heteroatoms. The first kappa shape index (κ1) is 32.7.